The molecule has 0 aliphatic carbocycles. The molecule has 0 bridgehead atoms. The molecule has 3 aromatic heterocycles. The van der Waals surface area contributed by atoms with Crippen molar-refractivity contribution in [3.8, 4) is 22.3 Å². The Kier molecular flexibility index (Phi) is 7.00. The summed E-state index contributed by atoms with van der Waals surface area (Å²) in [5, 5.41) is 10.00. The summed E-state index contributed by atoms with van der Waals surface area (Å²) in [4.78, 5) is 2.44. The summed E-state index contributed by atoms with van der Waals surface area (Å²) in [6, 6.07) is 68.4. The Balaban J connectivity index is 1.07. The van der Waals surface area contributed by atoms with Crippen molar-refractivity contribution in [2.24, 2.45) is 0 Å². The maximum absolute atomic E-state index is 6.58. The SMILES string of the molecule is c1cc(-c2cccc3oc4ccc5c6ccccc6sc5c4c23)cc(N(c2ccc(-c3cccc4ccccc34)cc2)c2cccc3c2sc2ccccc23)c1. The number of benzene rings is 9. The van der Waals surface area contributed by atoms with Crippen molar-refractivity contribution in [2.75, 3.05) is 4.90 Å². The molecule has 0 atom stereocenters. The van der Waals surface area contributed by atoms with Crippen molar-refractivity contribution in [3.05, 3.63) is 188 Å². The van der Waals surface area contributed by atoms with Gasteiger partial charge in [0.25, 0.3) is 0 Å². The number of nitrogens with zero attached hydrogens (tertiary/aromatic N) is 1. The molecule has 0 radical (unpaired) electrons. The van der Waals surface area contributed by atoms with Gasteiger partial charge in [-0.3, -0.25) is 0 Å². The summed E-state index contributed by atoms with van der Waals surface area (Å²) in [7, 11) is 0. The van der Waals surface area contributed by atoms with Gasteiger partial charge in [-0.2, -0.15) is 0 Å². The van der Waals surface area contributed by atoms with Crippen molar-refractivity contribution in [3.63, 3.8) is 0 Å². The minimum Gasteiger partial charge on any atom is -0.456 e. The van der Waals surface area contributed by atoms with Crippen LogP contribution in [0.4, 0.5) is 17.1 Å². The van der Waals surface area contributed by atoms with E-state index in [0.717, 1.165) is 39.2 Å². The Morgan fingerprint density at radius 1 is 0.375 bits per heavy atom. The van der Waals surface area contributed by atoms with Crippen molar-refractivity contribution in [1.82, 2.24) is 0 Å². The van der Waals surface area contributed by atoms with Crippen LogP contribution < -0.4 is 4.90 Å². The summed E-state index contributed by atoms with van der Waals surface area (Å²) < 4.78 is 11.7. The van der Waals surface area contributed by atoms with Gasteiger partial charge in [0.2, 0.25) is 0 Å². The normalized spacial score (nSPS) is 11.9. The van der Waals surface area contributed by atoms with E-state index in [0.29, 0.717) is 0 Å². The topological polar surface area (TPSA) is 16.4 Å². The van der Waals surface area contributed by atoms with Crippen molar-refractivity contribution in [2.45, 2.75) is 0 Å². The fraction of sp³-hybridized carbons (Fsp3) is 0. The van der Waals surface area contributed by atoms with Crippen LogP contribution >= 0.6 is 22.7 Å². The van der Waals surface area contributed by atoms with Crippen LogP contribution in [0.15, 0.2) is 192 Å². The maximum atomic E-state index is 6.58. The number of hydrogen-bond acceptors (Lipinski definition) is 4. The maximum Gasteiger partial charge on any atom is 0.136 e. The lowest BCUT2D eigenvalue weighted by Gasteiger charge is -2.27. The second-order valence-corrected chi connectivity index (χ2v) is 16.5. The first-order valence-corrected chi connectivity index (χ1v) is 20.5. The van der Waals surface area contributed by atoms with Crippen LogP contribution in [-0.4, -0.2) is 0 Å². The molecular formula is C52H31NOS2. The fourth-order valence-corrected chi connectivity index (χ4v) is 11.2. The van der Waals surface area contributed by atoms with Gasteiger partial charge >= 0.3 is 0 Å². The van der Waals surface area contributed by atoms with Crippen LogP contribution in [0.25, 0.3) is 95.3 Å². The minimum atomic E-state index is 0.906. The van der Waals surface area contributed by atoms with Gasteiger partial charge in [0.1, 0.15) is 11.2 Å². The lowest BCUT2D eigenvalue weighted by Crippen LogP contribution is -2.10. The molecule has 4 heteroatoms. The van der Waals surface area contributed by atoms with E-state index >= 15 is 0 Å². The molecule has 0 aliphatic heterocycles. The molecule has 9 aromatic carbocycles. The highest BCUT2D eigenvalue weighted by Gasteiger charge is 2.21. The average molecular weight is 750 g/mol. The Hall–Kier alpha value is -6.72. The van der Waals surface area contributed by atoms with Crippen molar-refractivity contribution < 1.29 is 4.42 Å². The van der Waals surface area contributed by atoms with Gasteiger partial charge < -0.3 is 9.32 Å². The first-order chi connectivity index (χ1) is 27.8. The van der Waals surface area contributed by atoms with Gasteiger partial charge in [-0.05, 0) is 93.7 Å². The van der Waals surface area contributed by atoms with Gasteiger partial charge in [-0.1, -0.05) is 127 Å². The Morgan fingerprint density at radius 3 is 1.84 bits per heavy atom. The number of rotatable bonds is 5. The molecule has 12 aromatic rings. The second-order valence-electron chi connectivity index (χ2n) is 14.4. The van der Waals surface area contributed by atoms with Crippen LogP contribution in [0, 0.1) is 0 Å². The zero-order valence-electron chi connectivity index (χ0n) is 30.1. The zero-order chi connectivity index (χ0) is 36.7. The van der Waals surface area contributed by atoms with Gasteiger partial charge in [-0.15, -0.1) is 22.7 Å². The van der Waals surface area contributed by atoms with Crippen LogP contribution in [0.5, 0.6) is 0 Å². The van der Waals surface area contributed by atoms with Crippen molar-refractivity contribution >= 4 is 113 Å². The number of thiophene rings is 2. The Bertz CT molecular complexity index is 3490. The number of hydrogen-bond donors (Lipinski definition) is 0. The molecule has 12 rings (SSSR count). The van der Waals surface area contributed by atoms with E-state index in [2.05, 4.69) is 193 Å². The zero-order valence-corrected chi connectivity index (χ0v) is 31.7. The van der Waals surface area contributed by atoms with E-state index in [1.165, 1.54) is 73.2 Å². The highest BCUT2D eigenvalue weighted by atomic mass is 32.1. The highest BCUT2D eigenvalue weighted by Crippen LogP contribution is 2.48. The largest absolute Gasteiger partial charge is 0.456 e. The smallest absolute Gasteiger partial charge is 0.136 e. The molecule has 2 nitrogen and oxygen atoms in total. The summed E-state index contributed by atoms with van der Waals surface area (Å²) in [6.45, 7) is 0. The number of fused-ring (bicyclic) bond motifs is 11. The van der Waals surface area contributed by atoms with E-state index in [-0.39, 0.29) is 0 Å². The van der Waals surface area contributed by atoms with E-state index in [9.17, 15) is 0 Å². The average Bonchev–Trinajstić information content (AvgIpc) is 3.96. The Morgan fingerprint density at radius 2 is 1.00 bits per heavy atom. The predicted molar refractivity (Wildman–Crippen MR) is 243 cm³/mol. The van der Waals surface area contributed by atoms with Crippen LogP contribution in [0.1, 0.15) is 0 Å². The van der Waals surface area contributed by atoms with Gasteiger partial charge in [-0.25, -0.2) is 0 Å². The molecule has 0 saturated heterocycles. The number of anilines is 3. The predicted octanol–water partition coefficient (Wildman–Crippen LogP) is 16.3. The van der Waals surface area contributed by atoms with E-state index in [1.807, 2.05) is 22.7 Å². The van der Waals surface area contributed by atoms with E-state index < -0.39 is 0 Å². The third-order valence-corrected chi connectivity index (χ3v) is 13.7. The summed E-state index contributed by atoms with van der Waals surface area (Å²) in [5.74, 6) is 0. The van der Waals surface area contributed by atoms with Gasteiger partial charge in [0.05, 0.1) is 10.4 Å². The first kappa shape index (κ1) is 31.6. The molecule has 0 fully saturated rings. The molecule has 0 N–H and O–H groups in total. The minimum absolute atomic E-state index is 0.906. The van der Waals surface area contributed by atoms with E-state index in [4.69, 9.17) is 4.42 Å². The van der Waals surface area contributed by atoms with Gasteiger partial charge in [0.15, 0.2) is 0 Å². The number of furan rings is 1. The quantitative estimate of drug-likeness (QED) is 0.174. The fourth-order valence-electron chi connectivity index (χ4n) is 8.74. The third kappa shape index (κ3) is 4.80. The molecule has 0 unspecified atom stereocenters. The lowest BCUT2D eigenvalue weighted by molar-refractivity contribution is 0.669. The highest BCUT2D eigenvalue weighted by molar-refractivity contribution is 7.27. The molecular weight excluding hydrogens is 719 g/mol. The standard InChI is InChI=1S/C52H31NOS2/c1-2-15-37-32(11-1)12-8-18-38(37)33-25-27-35(28-26-33)53(44-21-9-20-42-40-16-3-5-23-47(40)55-51(42)44)36-14-7-13-34(31-36)39-19-10-22-45-49(39)50-46(54-45)30-29-43-41-17-4-6-24-48(41)56-52(43)50/h1-31H. The summed E-state index contributed by atoms with van der Waals surface area (Å²) >= 11 is 3.71. The van der Waals surface area contributed by atoms with Gasteiger partial charge in [0, 0.05) is 57.8 Å². The van der Waals surface area contributed by atoms with E-state index in [1.54, 1.807) is 0 Å². The monoisotopic (exact) mass is 749 g/mol. The summed E-state index contributed by atoms with van der Waals surface area (Å²) in [6.07, 6.45) is 0. The molecule has 0 aliphatic rings. The van der Waals surface area contributed by atoms with Crippen LogP contribution in [0.3, 0.4) is 0 Å². The molecule has 0 saturated carbocycles. The van der Waals surface area contributed by atoms with Crippen LogP contribution in [0.2, 0.25) is 0 Å². The van der Waals surface area contributed by atoms with Crippen LogP contribution in [-0.2, 0) is 0 Å². The molecule has 3 heterocycles. The molecule has 0 amide bonds. The molecule has 56 heavy (non-hydrogen) atoms. The third-order valence-electron chi connectivity index (χ3n) is 11.3. The van der Waals surface area contributed by atoms with Crippen molar-refractivity contribution in [1.29, 1.82) is 0 Å². The second kappa shape index (κ2) is 12.4. The lowest BCUT2D eigenvalue weighted by atomic mass is 9.97. The Labute approximate surface area is 330 Å². The summed E-state index contributed by atoms with van der Waals surface area (Å²) in [5.41, 5.74) is 9.95. The first-order valence-electron chi connectivity index (χ1n) is 18.9. The molecule has 0 spiro atoms. The molecule has 262 valence electrons.